The molecule has 7 heteroatoms. The van der Waals surface area contributed by atoms with Gasteiger partial charge in [0.05, 0.1) is 19.8 Å². The molecule has 25 heavy (non-hydrogen) atoms. The van der Waals surface area contributed by atoms with Gasteiger partial charge in [-0.1, -0.05) is 0 Å². The van der Waals surface area contributed by atoms with Crippen LogP contribution in [0.1, 0.15) is 24.1 Å². The van der Waals surface area contributed by atoms with E-state index >= 15 is 0 Å². The number of aryl methyl sites for hydroxylation is 4. The van der Waals surface area contributed by atoms with Gasteiger partial charge in [0.25, 0.3) is 0 Å². The minimum absolute atomic E-state index is 0.0681. The number of nitrogens with zero attached hydrogens (tertiary/aromatic N) is 5. The zero-order valence-electron chi connectivity index (χ0n) is 14.8. The van der Waals surface area contributed by atoms with E-state index in [0.29, 0.717) is 12.4 Å². The van der Waals surface area contributed by atoms with Gasteiger partial charge < -0.3 is 14.4 Å². The lowest BCUT2D eigenvalue weighted by Crippen LogP contribution is -2.10. The van der Waals surface area contributed by atoms with Gasteiger partial charge in [0.1, 0.15) is 23.2 Å². The molecule has 3 rings (SSSR count). The van der Waals surface area contributed by atoms with E-state index in [1.54, 1.807) is 6.20 Å². The summed E-state index contributed by atoms with van der Waals surface area (Å²) >= 11 is 0. The minimum Gasteiger partial charge on any atom is -0.494 e. The van der Waals surface area contributed by atoms with Gasteiger partial charge in [-0.3, -0.25) is 0 Å². The second kappa shape index (κ2) is 7.48. The summed E-state index contributed by atoms with van der Waals surface area (Å²) in [7, 11) is 0. The van der Waals surface area contributed by atoms with Gasteiger partial charge >= 0.3 is 0 Å². The van der Waals surface area contributed by atoms with E-state index < -0.39 is 0 Å². The van der Waals surface area contributed by atoms with Gasteiger partial charge in [0, 0.05) is 30.1 Å². The summed E-state index contributed by atoms with van der Waals surface area (Å²) in [4.78, 5) is 8.80. The highest BCUT2D eigenvalue weighted by Crippen LogP contribution is 2.26. The van der Waals surface area contributed by atoms with Crippen molar-refractivity contribution in [1.29, 1.82) is 0 Å². The van der Waals surface area contributed by atoms with Gasteiger partial charge in [0.15, 0.2) is 0 Å². The molecular weight excluding hydrogens is 318 g/mol. The summed E-state index contributed by atoms with van der Waals surface area (Å²) in [6, 6.07) is 5.77. The summed E-state index contributed by atoms with van der Waals surface area (Å²) < 4.78 is 9.52. The van der Waals surface area contributed by atoms with Crippen molar-refractivity contribution >= 4 is 0 Å². The number of aliphatic hydroxyl groups is 1. The summed E-state index contributed by atoms with van der Waals surface area (Å²) in [6.45, 7) is 7.73. The Hall–Kier alpha value is -2.67. The molecule has 1 aromatic carbocycles. The zero-order chi connectivity index (χ0) is 17.8. The van der Waals surface area contributed by atoms with Gasteiger partial charge in [-0.2, -0.15) is 5.10 Å². The number of aromatic nitrogens is 5. The van der Waals surface area contributed by atoms with Crippen LogP contribution in [0.15, 0.2) is 30.6 Å². The van der Waals surface area contributed by atoms with Crippen molar-refractivity contribution < 1.29 is 9.84 Å². The fraction of sp³-hybridized carbons (Fsp3) is 0.389. The van der Waals surface area contributed by atoms with Crippen molar-refractivity contribution in [2.75, 3.05) is 6.61 Å². The van der Waals surface area contributed by atoms with E-state index in [4.69, 9.17) is 4.74 Å². The van der Waals surface area contributed by atoms with Crippen LogP contribution >= 0.6 is 0 Å². The van der Waals surface area contributed by atoms with Crippen molar-refractivity contribution in [3.8, 4) is 17.1 Å². The number of ether oxygens (including phenoxy) is 1. The molecule has 0 radical (unpaired) electrons. The van der Waals surface area contributed by atoms with Crippen LogP contribution in [0, 0.1) is 13.8 Å². The third kappa shape index (κ3) is 3.71. The summed E-state index contributed by atoms with van der Waals surface area (Å²) in [6.07, 6.45) is 3.73. The zero-order valence-corrected chi connectivity index (χ0v) is 14.8. The number of aliphatic hydroxyl groups excluding tert-OH is 1. The first-order valence-corrected chi connectivity index (χ1v) is 8.38. The van der Waals surface area contributed by atoms with Crippen molar-refractivity contribution in [1.82, 2.24) is 24.3 Å². The largest absolute Gasteiger partial charge is 0.494 e. The second-order valence-electron chi connectivity index (χ2n) is 5.79. The van der Waals surface area contributed by atoms with Gasteiger partial charge in [-0.05, 0) is 39.0 Å². The predicted molar refractivity (Wildman–Crippen MR) is 94.3 cm³/mol. The lowest BCUT2D eigenvalue weighted by Gasteiger charge is -2.12. The number of benzene rings is 1. The van der Waals surface area contributed by atoms with Crippen LogP contribution < -0.4 is 4.74 Å². The Balaban J connectivity index is 1.82. The van der Waals surface area contributed by atoms with Crippen LogP contribution in [-0.4, -0.2) is 36.0 Å². The fourth-order valence-electron chi connectivity index (χ4n) is 2.86. The highest BCUT2D eigenvalue weighted by atomic mass is 16.5. The Bertz CT molecular complexity index is 853. The number of hydrogen-bond acceptors (Lipinski definition) is 5. The third-order valence-electron chi connectivity index (χ3n) is 4.02. The van der Waals surface area contributed by atoms with Crippen LogP contribution in [-0.2, 0) is 19.7 Å². The lowest BCUT2D eigenvalue weighted by molar-refractivity contribution is 0.267. The maximum Gasteiger partial charge on any atom is 0.147 e. The first kappa shape index (κ1) is 17.2. The van der Waals surface area contributed by atoms with E-state index in [2.05, 4.69) is 19.6 Å². The van der Waals surface area contributed by atoms with Crippen LogP contribution in [0.2, 0.25) is 0 Å². The molecule has 0 bridgehead atoms. The number of rotatable bonds is 7. The molecule has 0 saturated carbocycles. The molecule has 1 N–H and O–H groups in total. The van der Waals surface area contributed by atoms with Crippen LogP contribution in [0.5, 0.6) is 5.75 Å². The Morgan fingerprint density at radius 1 is 1.20 bits per heavy atom. The second-order valence-corrected chi connectivity index (χ2v) is 5.79. The Morgan fingerprint density at radius 3 is 2.72 bits per heavy atom. The van der Waals surface area contributed by atoms with E-state index in [-0.39, 0.29) is 6.61 Å². The summed E-state index contributed by atoms with van der Waals surface area (Å²) in [5.41, 5.74) is 1.71. The van der Waals surface area contributed by atoms with Crippen molar-refractivity contribution in [3.05, 3.63) is 47.8 Å². The summed E-state index contributed by atoms with van der Waals surface area (Å²) in [5.74, 6) is 3.25. The van der Waals surface area contributed by atoms with Gasteiger partial charge in [-0.15, -0.1) is 0 Å². The lowest BCUT2D eigenvalue weighted by atomic mass is 10.1. The molecule has 2 aromatic heterocycles. The number of imidazole rings is 1. The van der Waals surface area contributed by atoms with Crippen LogP contribution in [0.3, 0.4) is 0 Å². The average molecular weight is 341 g/mol. The Kier molecular flexibility index (Phi) is 5.14. The average Bonchev–Trinajstić information content (AvgIpc) is 3.19. The maximum absolute atomic E-state index is 9.60. The fourth-order valence-corrected chi connectivity index (χ4v) is 2.86. The molecular formula is C18H23N5O2. The SMILES string of the molecule is CCOc1ccc(-c2nccn2CCn2nc(C)nc2C)cc1CO. The monoisotopic (exact) mass is 341 g/mol. The molecule has 0 aliphatic heterocycles. The van der Waals surface area contributed by atoms with E-state index in [1.165, 1.54) is 0 Å². The molecule has 2 heterocycles. The molecule has 0 fully saturated rings. The molecule has 0 spiro atoms. The van der Waals surface area contributed by atoms with Gasteiger partial charge in [-0.25, -0.2) is 14.6 Å². The smallest absolute Gasteiger partial charge is 0.147 e. The van der Waals surface area contributed by atoms with Crippen molar-refractivity contribution in [2.24, 2.45) is 0 Å². The molecule has 0 saturated heterocycles. The van der Waals surface area contributed by atoms with E-state index in [0.717, 1.165) is 41.7 Å². The first-order valence-electron chi connectivity index (χ1n) is 8.38. The molecule has 0 atom stereocenters. The first-order chi connectivity index (χ1) is 12.1. The molecule has 3 aromatic rings. The van der Waals surface area contributed by atoms with Crippen LogP contribution in [0.4, 0.5) is 0 Å². The highest BCUT2D eigenvalue weighted by Gasteiger charge is 2.11. The molecule has 0 amide bonds. The van der Waals surface area contributed by atoms with Crippen molar-refractivity contribution in [3.63, 3.8) is 0 Å². The molecule has 0 unspecified atom stereocenters. The Labute approximate surface area is 146 Å². The van der Waals surface area contributed by atoms with Crippen molar-refractivity contribution in [2.45, 2.75) is 40.5 Å². The summed E-state index contributed by atoms with van der Waals surface area (Å²) in [5, 5.41) is 14.0. The molecule has 0 aliphatic rings. The quantitative estimate of drug-likeness (QED) is 0.714. The van der Waals surface area contributed by atoms with E-state index in [1.807, 2.05) is 49.8 Å². The predicted octanol–water partition coefficient (Wildman–Crippen LogP) is 2.35. The minimum atomic E-state index is -0.0681. The topological polar surface area (TPSA) is 78.0 Å². The number of hydrogen-bond donors (Lipinski definition) is 1. The van der Waals surface area contributed by atoms with Crippen LogP contribution in [0.25, 0.3) is 11.4 Å². The Morgan fingerprint density at radius 2 is 2.04 bits per heavy atom. The normalized spacial score (nSPS) is 11.0. The third-order valence-corrected chi connectivity index (χ3v) is 4.02. The van der Waals surface area contributed by atoms with Gasteiger partial charge in [0.2, 0.25) is 0 Å². The highest BCUT2D eigenvalue weighted by molar-refractivity contribution is 5.59. The molecule has 132 valence electrons. The standard InChI is InChI=1S/C18H23N5O2/c1-4-25-17-6-5-15(11-16(17)12-24)18-19-7-8-22(18)9-10-23-14(3)20-13(2)21-23/h5-8,11,24H,4,9-10,12H2,1-3H3. The molecule has 0 aliphatic carbocycles. The van der Waals surface area contributed by atoms with E-state index in [9.17, 15) is 5.11 Å². The molecule has 7 nitrogen and oxygen atoms in total. The maximum atomic E-state index is 9.60.